The molecule has 84 valence electrons. The predicted octanol–water partition coefficient (Wildman–Crippen LogP) is 2.57. The van der Waals surface area contributed by atoms with E-state index in [1.54, 1.807) is 0 Å². The molecule has 3 heteroatoms. The maximum atomic E-state index is 10.2. The Morgan fingerprint density at radius 3 is 2.36 bits per heavy atom. The third kappa shape index (κ3) is 9.52. The topological polar surface area (TPSA) is 57.5 Å². The van der Waals surface area contributed by atoms with Gasteiger partial charge in [-0.15, -0.1) is 0 Å². The highest BCUT2D eigenvalue weighted by molar-refractivity contribution is 5.66. The third-order valence-corrected chi connectivity index (χ3v) is 2.32. The molecule has 0 radical (unpaired) electrons. The standard InChI is InChI=1S/C11H22O3/c1-2-3-7-10(12)8-5-4-6-9-11(13)14/h10,12H,2-9H2,1H3,(H,13,14). The fourth-order valence-electron chi connectivity index (χ4n) is 1.42. The Balaban J connectivity index is 3.14. The van der Waals surface area contributed by atoms with E-state index in [2.05, 4.69) is 6.92 Å². The molecule has 0 aliphatic heterocycles. The van der Waals surface area contributed by atoms with Crippen LogP contribution in [-0.4, -0.2) is 22.3 Å². The number of carboxylic acids is 1. The lowest BCUT2D eigenvalue weighted by molar-refractivity contribution is -0.137. The van der Waals surface area contributed by atoms with E-state index in [9.17, 15) is 9.90 Å². The Kier molecular flexibility index (Phi) is 8.64. The Bertz CT molecular complexity index is 145. The normalized spacial score (nSPS) is 12.7. The molecule has 1 atom stereocenters. The summed E-state index contributed by atoms with van der Waals surface area (Å²) < 4.78 is 0. The fourth-order valence-corrected chi connectivity index (χ4v) is 1.42. The van der Waals surface area contributed by atoms with Gasteiger partial charge in [0.15, 0.2) is 0 Å². The van der Waals surface area contributed by atoms with Crippen LogP contribution < -0.4 is 0 Å². The van der Waals surface area contributed by atoms with Crippen LogP contribution in [-0.2, 0) is 4.79 Å². The second-order valence-corrected chi connectivity index (χ2v) is 3.79. The molecule has 0 fully saturated rings. The monoisotopic (exact) mass is 202 g/mol. The van der Waals surface area contributed by atoms with Crippen molar-refractivity contribution < 1.29 is 15.0 Å². The van der Waals surface area contributed by atoms with E-state index in [0.29, 0.717) is 0 Å². The number of aliphatic carboxylic acids is 1. The van der Waals surface area contributed by atoms with Gasteiger partial charge >= 0.3 is 5.97 Å². The zero-order valence-corrected chi connectivity index (χ0v) is 9.04. The second-order valence-electron chi connectivity index (χ2n) is 3.79. The van der Waals surface area contributed by atoms with Crippen molar-refractivity contribution in [1.29, 1.82) is 0 Å². The van der Waals surface area contributed by atoms with Gasteiger partial charge < -0.3 is 10.2 Å². The molecule has 1 unspecified atom stereocenters. The summed E-state index contributed by atoms with van der Waals surface area (Å²) in [5.41, 5.74) is 0. The van der Waals surface area contributed by atoms with Crippen LogP contribution in [0, 0.1) is 0 Å². The van der Waals surface area contributed by atoms with Crippen LogP contribution in [0.15, 0.2) is 0 Å². The minimum atomic E-state index is -0.725. The summed E-state index contributed by atoms with van der Waals surface area (Å²) in [6.07, 6.45) is 6.57. The van der Waals surface area contributed by atoms with Gasteiger partial charge in [0.1, 0.15) is 0 Å². The molecule has 0 bridgehead atoms. The molecule has 0 saturated carbocycles. The molecule has 0 aromatic carbocycles. The summed E-state index contributed by atoms with van der Waals surface area (Å²) >= 11 is 0. The van der Waals surface area contributed by atoms with E-state index in [0.717, 1.165) is 44.9 Å². The maximum absolute atomic E-state index is 10.2. The average molecular weight is 202 g/mol. The number of carboxylic acid groups (broad SMARTS) is 1. The zero-order chi connectivity index (χ0) is 10.8. The van der Waals surface area contributed by atoms with Crippen LogP contribution in [0.4, 0.5) is 0 Å². The first-order chi connectivity index (χ1) is 6.66. The highest BCUT2D eigenvalue weighted by Gasteiger charge is 2.03. The van der Waals surface area contributed by atoms with Crippen molar-refractivity contribution in [2.75, 3.05) is 0 Å². The number of hydrogen-bond acceptors (Lipinski definition) is 2. The first-order valence-electron chi connectivity index (χ1n) is 5.56. The molecule has 0 aliphatic carbocycles. The third-order valence-electron chi connectivity index (χ3n) is 2.32. The van der Waals surface area contributed by atoms with E-state index < -0.39 is 5.97 Å². The van der Waals surface area contributed by atoms with Gasteiger partial charge in [0, 0.05) is 6.42 Å². The minimum Gasteiger partial charge on any atom is -0.481 e. The second kappa shape index (κ2) is 9.00. The summed E-state index contributed by atoms with van der Waals surface area (Å²) in [7, 11) is 0. The van der Waals surface area contributed by atoms with Crippen molar-refractivity contribution >= 4 is 5.97 Å². The summed E-state index contributed by atoms with van der Waals surface area (Å²) in [4.78, 5) is 10.2. The van der Waals surface area contributed by atoms with Gasteiger partial charge in [-0.25, -0.2) is 0 Å². The fraction of sp³-hybridized carbons (Fsp3) is 0.909. The molecule has 0 spiro atoms. The molecule has 0 saturated heterocycles. The van der Waals surface area contributed by atoms with Crippen molar-refractivity contribution in [1.82, 2.24) is 0 Å². The number of aliphatic hydroxyl groups is 1. The van der Waals surface area contributed by atoms with Crippen molar-refractivity contribution in [3.63, 3.8) is 0 Å². The van der Waals surface area contributed by atoms with E-state index in [-0.39, 0.29) is 12.5 Å². The maximum Gasteiger partial charge on any atom is 0.303 e. The molecule has 0 aromatic rings. The van der Waals surface area contributed by atoms with Crippen LogP contribution in [0.25, 0.3) is 0 Å². The quantitative estimate of drug-likeness (QED) is 0.565. The van der Waals surface area contributed by atoms with Crippen LogP contribution >= 0.6 is 0 Å². The van der Waals surface area contributed by atoms with E-state index in [1.165, 1.54) is 0 Å². The van der Waals surface area contributed by atoms with Crippen LogP contribution in [0.2, 0.25) is 0 Å². The molecule has 0 rings (SSSR count). The van der Waals surface area contributed by atoms with Crippen molar-refractivity contribution in [3.05, 3.63) is 0 Å². The zero-order valence-electron chi connectivity index (χ0n) is 9.04. The molecule has 2 N–H and O–H groups in total. The molecular weight excluding hydrogens is 180 g/mol. The smallest absolute Gasteiger partial charge is 0.303 e. The van der Waals surface area contributed by atoms with Crippen LogP contribution in [0.5, 0.6) is 0 Å². The van der Waals surface area contributed by atoms with Crippen molar-refractivity contribution in [2.45, 2.75) is 64.4 Å². The Morgan fingerprint density at radius 2 is 1.79 bits per heavy atom. The van der Waals surface area contributed by atoms with E-state index in [1.807, 2.05) is 0 Å². The number of rotatable bonds is 9. The molecule has 0 amide bonds. The predicted molar refractivity (Wildman–Crippen MR) is 56.3 cm³/mol. The van der Waals surface area contributed by atoms with Gasteiger partial charge in [-0.05, 0) is 19.3 Å². The number of unbranched alkanes of at least 4 members (excludes halogenated alkanes) is 3. The van der Waals surface area contributed by atoms with Gasteiger partial charge in [-0.1, -0.05) is 32.6 Å². The summed E-state index contributed by atoms with van der Waals surface area (Å²) in [6.45, 7) is 2.11. The number of aliphatic hydroxyl groups excluding tert-OH is 1. The summed E-state index contributed by atoms with van der Waals surface area (Å²) in [5.74, 6) is -0.725. The van der Waals surface area contributed by atoms with Gasteiger partial charge in [0.05, 0.1) is 6.10 Å². The number of carbonyl (C=O) groups is 1. The van der Waals surface area contributed by atoms with E-state index >= 15 is 0 Å². The highest BCUT2D eigenvalue weighted by Crippen LogP contribution is 2.10. The SMILES string of the molecule is CCCCC(O)CCCCCC(=O)O. The Hall–Kier alpha value is -0.570. The van der Waals surface area contributed by atoms with Gasteiger partial charge in [-0.2, -0.15) is 0 Å². The highest BCUT2D eigenvalue weighted by atomic mass is 16.4. The molecule has 0 aromatic heterocycles. The molecule has 0 aliphatic rings. The van der Waals surface area contributed by atoms with Crippen molar-refractivity contribution in [3.8, 4) is 0 Å². The van der Waals surface area contributed by atoms with Gasteiger partial charge in [-0.3, -0.25) is 4.79 Å². The van der Waals surface area contributed by atoms with Gasteiger partial charge in [0.2, 0.25) is 0 Å². The summed E-state index contributed by atoms with van der Waals surface area (Å²) in [5, 5.41) is 17.9. The minimum absolute atomic E-state index is 0.181. The molecular formula is C11H22O3. The van der Waals surface area contributed by atoms with E-state index in [4.69, 9.17) is 5.11 Å². The Morgan fingerprint density at radius 1 is 1.14 bits per heavy atom. The average Bonchev–Trinajstić information content (AvgIpc) is 2.13. The lowest BCUT2D eigenvalue weighted by atomic mass is 10.0. The van der Waals surface area contributed by atoms with Crippen LogP contribution in [0.3, 0.4) is 0 Å². The summed E-state index contributed by atoms with van der Waals surface area (Å²) in [6, 6.07) is 0. The molecule has 3 nitrogen and oxygen atoms in total. The molecule has 14 heavy (non-hydrogen) atoms. The first kappa shape index (κ1) is 13.4. The number of hydrogen-bond donors (Lipinski definition) is 2. The Labute approximate surface area is 86.1 Å². The lowest BCUT2D eigenvalue weighted by Crippen LogP contribution is -2.05. The van der Waals surface area contributed by atoms with Crippen molar-refractivity contribution in [2.24, 2.45) is 0 Å². The lowest BCUT2D eigenvalue weighted by Gasteiger charge is -2.08. The largest absolute Gasteiger partial charge is 0.481 e. The van der Waals surface area contributed by atoms with Gasteiger partial charge in [0.25, 0.3) is 0 Å². The van der Waals surface area contributed by atoms with Crippen LogP contribution in [0.1, 0.15) is 58.3 Å². The first-order valence-corrected chi connectivity index (χ1v) is 5.56. The molecule has 0 heterocycles.